The summed E-state index contributed by atoms with van der Waals surface area (Å²) in [5.74, 6) is -8.77. The van der Waals surface area contributed by atoms with Crippen LogP contribution in [0.1, 0.15) is 150 Å². The molecule has 6 aromatic rings. The number of ether oxygens (including phenoxy) is 5. The Labute approximate surface area is 780 Å². The molecular weight excluding hydrogens is 1800 g/mol. The predicted octanol–water partition coefficient (Wildman–Crippen LogP) is 7.84. The zero-order valence-electron chi connectivity index (χ0n) is 76.5. The van der Waals surface area contributed by atoms with Gasteiger partial charge in [0.2, 0.25) is 23.6 Å². The predicted molar refractivity (Wildman–Crippen MR) is 491 cm³/mol. The highest BCUT2D eigenvalue weighted by Gasteiger charge is 2.38. The number of aliphatic hydroxyl groups is 3. The molecule has 31 nitrogen and oxygen atoms in total. The molecule has 11 atom stereocenters. The van der Waals surface area contributed by atoms with Gasteiger partial charge in [-0.1, -0.05) is 134 Å². The number of alkyl carbamates (subject to hydrolysis) is 3. The molecule has 2 aliphatic heterocycles. The minimum Gasteiger partial charge on any atom is -0.448 e. The Kier molecular flexibility index (Phi) is 51.1. The van der Waals surface area contributed by atoms with Crippen LogP contribution in [0.5, 0.6) is 0 Å². The summed E-state index contributed by atoms with van der Waals surface area (Å²) in [6.45, 7) is 14.1. The maximum Gasteiger partial charge on any atom is 0.408 e. The fourth-order valence-corrected chi connectivity index (χ4v) is 17.5. The standard InChI is InChI=1S/C31H44F2N4O7S.C31H44F2N4O6S.C31H43F2N3O6.OS/c1-4-6-12-45(42,43)20-28(36-31(41)44-11-10-35-21(3)38)30(40)37(18-23-9-7-8-22(5-2)13-23)19-29(39)27(34)16-24-14-25(32)17-26(33)15-24;1-3-5-11-44(41,42)20-28(36-31(40)43-26-9-10-35-17-26)30(39)37(18-22-8-6-7-21(4-2)12-22)19-29(38)27(34)15-23-13-24(32)16-25(33)14-23;1-3-5-10-40-20-28(35-31(39)42-26-9-11-41-19-26)30(38)36(17-22-8-6-7-21(4-2)12-22)18-29(37)27(34)15-23-13-24(32)16-25(33)14-23;1-2/h7-9,13-15,17,27-29,39H,4-6,10-12,16,18-20,34H2,1-3H3,(H,35,38)(H,36,41);6-8,12-14,16,26-29,35,38H,3-5,9-11,15,17-20,34H2,1-2H3,(H,36,40);6-8,12-14,16,26-29,37H,3-5,9-11,15,17-20,34H2,1-2H3,(H,35,39);/t27-,28+,29+;26-,27+,28-,29-;26-,27-,28+,29+;/m010./s1. The highest BCUT2D eigenvalue weighted by Crippen LogP contribution is 2.23. The number of unbranched alkanes of at least 4 members (excludes halogenated alkanes) is 3. The molecule has 8 rings (SSSR count). The van der Waals surface area contributed by atoms with Crippen LogP contribution < -0.4 is 43.8 Å². The highest BCUT2D eigenvalue weighted by molar-refractivity contribution is 7.91. The molecule has 0 spiro atoms. The average molecular weight is 1930 g/mol. The number of aryl methyl sites for hydroxylation is 3. The van der Waals surface area contributed by atoms with Crippen molar-refractivity contribution in [1.82, 2.24) is 41.3 Å². The molecule has 40 heteroatoms. The first-order valence-electron chi connectivity index (χ1n) is 44.6. The molecule has 0 aromatic heterocycles. The second-order valence-corrected chi connectivity index (χ2v) is 37.3. The summed E-state index contributed by atoms with van der Waals surface area (Å²) in [7, 11) is -7.57. The fraction of sp³-hybridized carbons (Fsp3) is 0.538. The van der Waals surface area contributed by atoms with Gasteiger partial charge in [0.1, 0.15) is 71.8 Å². The van der Waals surface area contributed by atoms with Gasteiger partial charge in [0.25, 0.3) is 0 Å². The molecule has 0 saturated carbocycles. The normalized spacial score (nSPS) is 15.6. The average Bonchev–Trinajstić information content (AvgIpc) is 1.35. The molecule has 2 fully saturated rings. The van der Waals surface area contributed by atoms with Crippen LogP contribution in [0.25, 0.3) is 0 Å². The Morgan fingerprint density at radius 3 is 1.17 bits per heavy atom. The minimum absolute atomic E-state index is 0.00928. The number of amides is 7. The van der Waals surface area contributed by atoms with Crippen LogP contribution in [0.4, 0.5) is 40.7 Å². The fourth-order valence-electron chi connectivity index (χ4n) is 14.3. The monoisotopic (exact) mass is 1930 g/mol. The van der Waals surface area contributed by atoms with Crippen molar-refractivity contribution in [1.29, 1.82) is 0 Å². The Bertz CT molecular complexity index is 4800. The number of carbonyl (C=O) groups excluding carboxylic acids is 7. The highest BCUT2D eigenvalue weighted by atomic mass is 32.2. The van der Waals surface area contributed by atoms with Gasteiger partial charge in [-0.25, -0.2) is 57.6 Å². The molecule has 2 heterocycles. The second kappa shape index (κ2) is 59.8. The van der Waals surface area contributed by atoms with Gasteiger partial charge in [-0.15, -0.1) is 0 Å². The quantitative estimate of drug-likeness (QED) is 0.00983. The van der Waals surface area contributed by atoms with Crippen molar-refractivity contribution in [2.75, 3.05) is 95.3 Å². The summed E-state index contributed by atoms with van der Waals surface area (Å²) in [5, 5.41) is 46.1. The number of nitrogens with zero attached hydrogens (tertiary/aromatic N) is 3. The number of sulfone groups is 2. The van der Waals surface area contributed by atoms with Crippen molar-refractivity contribution in [3.8, 4) is 0 Å². The number of benzene rings is 6. The van der Waals surface area contributed by atoms with Gasteiger partial charge in [0.15, 0.2) is 32.2 Å². The number of aliphatic hydroxyl groups excluding tert-OH is 3. The molecular formula is C93H131F6N11O20S3. The van der Waals surface area contributed by atoms with Crippen molar-refractivity contribution in [3.63, 3.8) is 0 Å². The molecule has 738 valence electrons. The maximum absolute atomic E-state index is 14.1. The van der Waals surface area contributed by atoms with E-state index in [0.29, 0.717) is 82.9 Å². The Morgan fingerprint density at radius 1 is 0.481 bits per heavy atom. The van der Waals surface area contributed by atoms with Crippen LogP contribution in [0.15, 0.2) is 127 Å². The Morgan fingerprint density at radius 2 is 0.835 bits per heavy atom. The third-order valence-electron chi connectivity index (χ3n) is 21.5. The summed E-state index contributed by atoms with van der Waals surface area (Å²) >= 11 is 2.83. The summed E-state index contributed by atoms with van der Waals surface area (Å²) in [5.41, 5.74) is 24.7. The van der Waals surface area contributed by atoms with Crippen LogP contribution in [0.3, 0.4) is 0 Å². The van der Waals surface area contributed by atoms with Crippen LogP contribution in [-0.4, -0.2) is 255 Å². The SMILES string of the molecule is CCCCOC[C@@H](NC(=O)O[C@H]1CCOC1)C(=O)N(Cc1cccc(CC)c1)C[C@@H](O)[C@@H](N)Cc1cc(F)cc(F)c1.CCCCS(=O)(=O)C[C@@H](NC(=O)OCCNC(C)=O)C(=O)N(Cc1cccc(CC)c1)C[C@@H](O)[C@@H](N)Cc1cc(F)cc(F)c1.CCCCS(=O)(=O)C[C@@H](NC(=O)O[C@@H]1CCNC1)C(=O)N(Cc1cccc(CC)c1)C[C@@H](O)[C@@H](N)Cc1cc(F)cc(F)c1.O=S. The number of nitrogens with two attached hydrogens (primary N) is 3. The van der Waals surface area contributed by atoms with E-state index in [0.717, 1.165) is 102 Å². The van der Waals surface area contributed by atoms with Crippen molar-refractivity contribution >= 4 is 74.1 Å². The van der Waals surface area contributed by atoms with Crippen LogP contribution >= 0.6 is 0 Å². The van der Waals surface area contributed by atoms with Crippen molar-refractivity contribution < 1.29 is 120 Å². The summed E-state index contributed by atoms with van der Waals surface area (Å²) in [6.07, 6.45) is -0.711. The summed E-state index contributed by atoms with van der Waals surface area (Å²) < 4.78 is 169. The van der Waals surface area contributed by atoms with Crippen molar-refractivity contribution in [2.24, 2.45) is 17.2 Å². The Balaban J connectivity index is 0.000000350. The third kappa shape index (κ3) is 43.6. The number of halogens is 6. The lowest BCUT2D eigenvalue weighted by molar-refractivity contribution is -0.137. The van der Waals surface area contributed by atoms with E-state index >= 15 is 0 Å². The molecule has 0 bridgehead atoms. The van der Waals surface area contributed by atoms with E-state index < -0.39 is 169 Å². The van der Waals surface area contributed by atoms with Crippen LogP contribution in [0.2, 0.25) is 0 Å². The van der Waals surface area contributed by atoms with E-state index in [1.165, 1.54) is 21.6 Å². The van der Waals surface area contributed by atoms with Crippen LogP contribution in [0, 0.1) is 34.9 Å². The van der Waals surface area contributed by atoms with Gasteiger partial charge >= 0.3 is 18.3 Å². The zero-order chi connectivity index (χ0) is 98.3. The molecule has 0 aliphatic carbocycles. The van der Waals surface area contributed by atoms with Gasteiger partial charge in [-0.05, 0) is 157 Å². The van der Waals surface area contributed by atoms with Gasteiger partial charge in [0.05, 0.1) is 67.7 Å². The lowest BCUT2D eigenvalue weighted by Crippen LogP contribution is -2.55. The lowest BCUT2D eigenvalue weighted by atomic mass is 10.0. The van der Waals surface area contributed by atoms with E-state index in [9.17, 15) is 92.1 Å². The number of nitrogens with one attached hydrogen (secondary N) is 5. The molecule has 14 N–H and O–H groups in total. The maximum atomic E-state index is 14.1. The van der Waals surface area contributed by atoms with Gasteiger partial charge < -0.3 is 97.5 Å². The number of rotatable bonds is 50. The first kappa shape index (κ1) is 114. The molecule has 6 aromatic carbocycles. The van der Waals surface area contributed by atoms with Crippen LogP contribution in [-0.2, 0) is 133 Å². The molecule has 2 saturated heterocycles. The smallest absolute Gasteiger partial charge is 0.408 e. The van der Waals surface area contributed by atoms with E-state index in [4.69, 9.17) is 45.1 Å². The van der Waals surface area contributed by atoms with Gasteiger partial charge in [-0.3, -0.25) is 19.2 Å². The van der Waals surface area contributed by atoms with E-state index in [-0.39, 0.29) is 119 Å². The Hall–Kier alpha value is -9.85. The van der Waals surface area contributed by atoms with Gasteiger partial charge in [0, 0.05) is 102 Å². The van der Waals surface area contributed by atoms with E-state index in [1.54, 1.807) is 18.2 Å². The number of carbonyl (C=O) groups is 7. The van der Waals surface area contributed by atoms with Crippen molar-refractivity contribution in [2.45, 2.75) is 225 Å². The number of hydrogen-bond acceptors (Lipinski definition) is 25. The first-order chi connectivity index (χ1) is 63.3. The molecule has 2 aliphatic rings. The molecule has 0 unspecified atom stereocenters. The largest absolute Gasteiger partial charge is 0.448 e. The minimum atomic E-state index is -3.81. The van der Waals surface area contributed by atoms with E-state index in [1.807, 2.05) is 96.1 Å². The first-order valence-corrected chi connectivity index (χ1v) is 48.6. The second-order valence-electron chi connectivity index (χ2n) is 32.8. The van der Waals surface area contributed by atoms with E-state index in [2.05, 4.69) is 39.1 Å². The zero-order valence-corrected chi connectivity index (χ0v) is 78.9. The molecule has 0 radical (unpaired) electrons. The molecule has 7 amide bonds. The topological polar surface area (TPSA) is 460 Å². The lowest BCUT2D eigenvalue weighted by Gasteiger charge is -2.31. The third-order valence-corrected chi connectivity index (χ3v) is 25.0. The molecule has 133 heavy (non-hydrogen) atoms. The summed E-state index contributed by atoms with van der Waals surface area (Å²) in [6, 6.07) is 24.2. The summed E-state index contributed by atoms with van der Waals surface area (Å²) in [4.78, 5) is 95.1. The van der Waals surface area contributed by atoms with Crippen molar-refractivity contribution in [3.05, 3.63) is 212 Å². The van der Waals surface area contributed by atoms with Gasteiger partial charge in [-0.2, -0.15) is 4.21 Å². The number of hydrogen-bond donors (Lipinski definition) is 11.